The molecule has 58 valence electrons. The molecule has 0 aliphatic carbocycles. The average Bonchev–Trinajstić information content (AvgIpc) is 2.09. The molecule has 0 aromatic carbocycles. The molecule has 0 fully saturated rings. The number of nitrogens with zero attached hydrogens (tertiary/aromatic N) is 8. The quantitative estimate of drug-likeness (QED) is 0.376. The maximum absolute atomic E-state index is 8.07. The number of rotatable bonds is 2. The Morgan fingerprint density at radius 2 is 1.42 bits per heavy atom. The molecule has 0 N–H and O–H groups in total. The lowest BCUT2D eigenvalue weighted by molar-refractivity contribution is 1.14. The molecule has 0 saturated carbocycles. The molecular formula is C4H2N8. The van der Waals surface area contributed by atoms with Crippen molar-refractivity contribution in [2.75, 3.05) is 0 Å². The summed E-state index contributed by atoms with van der Waals surface area (Å²) in [5, 5.41) is 6.33. The standard InChI is InChI=1S/C4H2N8/c5-11-9-3-4(10-12-6)8-2-1-7-3/h1-2H. The van der Waals surface area contributed by atoms with Gasteiger partial charge >= 0.3 is 0 Å². The maximum Gasteiger partial charge on any atom is 0.154 e. The topological polar surface area (TPSA) is 123 Å². The molecule has 0 spiro atoms. The zero-order valence-corrected chi connectivity index (χ0v) is 5.73. The Bertz CT molecular complexity index is 333. The lowest BCUT2D eigenvalue weighted by atomic mass is 10.6. The molecule has 12 heavy (non-hydrogen) atoms. The van der Waals surface area contributed by atoms with Crippen LogP contribution in [0.5, 0.6) is 0 Å². The Labute approximate surface area is 66.1 Å². The van der Waals surface area contributed by atoms with Crippen LogP contribution in [0.3, 0.4) is 0 Å². The summed E-state index contributed by atoms with van der Waals surface area (Å²) in [5.41, 5.74) is 16.1. The van der Waals surface area contributed by atoms with Crippen LogP contribution in [0, 0.1) is 0 Å². The first-order valence-electron chi connectivity index (χ1n) is 2.79. The summed E-state index contributed by atoms with van der Waals surface area (Å²) in [6.07, 6.45) is 2.67. The normalized spacial score (nSPS) is 8.00. The number of hydrogen-bond donors (Lipinski definition) is 0. The second-order valence-corrected chi connectivity index (χ2v) is 1.58. The van der Waals surface area contributed by atoms with E-state index in [2.05, 4.69) is 30.0 Å². The van der Waals surface area contributed by atoms with Gasteiger partial charge in [0.15, 0.2) is 11.6 Å². The largest absolute Gasteiger partial charge is 0.251 e. The molecule has 0 aliphatic heterocycles. The van der Waals surface area contributed by atoms with Crippen molar-refractivity contribution in [3.63, 3.8) is 0 Å². The van der Waals surface area contributed by atoms with Gasteiger partial charge in [0.1, 0.15) is 0 Å². The van der Waals surface area contributed by atoms with Gasteiger partial charge in [0.2, 0.25) is 0 Å². The molecule has 1 aromatic rings. The van der Waals surface area contributed by atoms with Crippen molar-refractivity contribution < 1.29 is 0 Å². The van der Waals surface area contributed by atoms with Crippen LogP contribution in [-0.2, 0) is 0 Å². The summed E-state index contributed by atoms with van der Waals surface area (Å²) in [6, 6.07) is 0. The smallest absolute Gasteiger partial charge is 0.154 e. The molecule has 0 atom stereocenters. The van der Waals surface area contributed by atoms with Gasteiger partial charge < -0.3 is 0 Å². The van der Waals surface area contributed by atoms with Gasteiger partial charge in [-0.25, -0.2) is 0 Å². The zero-order chi connectivity index (χ0) is 8.81. The van der Waals surface area contributed by atoms with Gasteiger partial charge in [0.25, 0.3) is 0 Å². The lowest BCUT2D eigenvalue weighted by Gasteiger charge is -1.91. The van der Waals surface area contributed by atoms with Crippen LogP contribution in [0.25, 0.3) is 20.9 Å². The van der Waals surface area contributed by atoms with Crippen molar-refractivity contribution in [3.05, 3.63) is 33.3 Å². The fourth-order valence-corrected chi connectivity index (χ4v) is 0.549. The van der Waals surface area contributed by atoms with Gasteiger partial charge in [-0.1, -0.05) is 0 Å². The molecule has 0 saturated heterocycles. The Balaban J connectivity index is 3.25. The molecule has 0 aliphatic rings. The molecule has 1 rings (SSSR count). The molecule has 0 bridgehead atoms. The van der Waals surface area contributed by atoms with E-state index in [1.165, 1.54) is 12.4 Å². The molecule has 8 nitrogen and oxygen atoms in total. The highest BCUT2D eigenvalue weighted by Crippen LogP contribution is 2.20. The third kappa shape index (κ3) is 1.60. The number of aromatic nitrogens is 2. The molecular weight excluding hydrogens is 160 g/mol. The van der Waals surface area contributed by atoms with E-state index in [1.54, 1.807) is 0 Å². The van der Waals surface area contributed by atoms with E-state index in [0.717, 1.165) is 0 Å². The minimum Gasteiger partial charge on any atom is -0.251 e. The summed E-state index contributed by atoms with van der Waals surface area (Å²) in [4.78, 5) is 12.3. The molecule has 0 unspecified atom stereocenters. The minimum atomic E-state index is -0.0298. The summed E-state index contributed by atoms with van der Waals surface area (Å²) < 4.78 is 0. The summed E-state index contributed by atoms with van der Waals surface area (Å²) in [5.74, 6) is -0.0596. The third-order valence-corrected chi connectivity index (χ3v) is 0.939. The average molecular weight is 162 g/mol. The van der Waals surface area contributed by atoms with Crippen LogP contribution in [0.2, 0.25) is 0 Å². The van der Waals surface area contributed by atoms with Crippen LogP contribution in [-0.4, -0.2) is 9.97 Å². The van der Waals surface area contributed by atoms with Gasteiger partial charge in [0, 0.05) is 22.2 Å². The van der Waals surface area contributed by atoms with Crippen LogP contribution in [0.15, 0.2) is 22.6 Å². The van der Waals surface area contributed by atoms with E-state index in [0.29, 0.717) is 0 Å². The van der Waals surface area contributed by atoms with Gasteiger partial charge in [-0.05, 0) is 21.3 Å². The summed E-state index contributed by atoms with van der Waals surface area (Å²) >= 11 is 0. The van der Waals surface area contributed by atoms with E-state index in [4.69, 9.17) is 11.1 Å². The molecule has 0 radical (unpaired) electrons. The van der Waals surface area contributed by atoms with Crippen LogP contribution in [0.4, 0.5) is 11.6 Å². The highest BCUT2D eigenvalue weighted by Gasteiger charge is 1.97. The minimum absolute atomic E-state index is 0.0298. The third-order valence-electron chi connectivity index (χ3n) is 0.939. The zero-order valence-electron chi connectivity index (χ0n) is 5.73. The Kier molecular flexibility index (Phi) is 2.45. The van der Waals surface area contributed by atoms with Crippen LogP contribution in [0.1, 0.15) is 0 Å². The van der Waals surface area contributed by atoms with Crippen molar-refractivity contribution in [1.29, 1.82) is 0 Å². The Morgan fingerprint density at radius 1 is 1.00 bits per heavy atom. The molecule has 0 amide bonds. The fourth-order valence-electron chi connectivity index (χ4n) is 0.549. The van der Waals surface area contributed by atoms with E-state index >= 15 is 0 Å². The molecule has 1 heterocycles. The van der Waals surface area contributed by atoms with Gasteiger partial charge in [-0.3, -0.25) is 9.97 Å². The van der Waals surface area contributed by atoms with Gasteiger partial charge in [-0.2, -0.15) is 0 Å². The first kappa shape index (κ1) is 7.80. The predicted molar refractivity (Wildman–Crippen MR) is 39.6 cm³/mol. The van der Waals surface area contributed by atoms with E-state index in [-0.39, 0.29) is 11.6 Å². The molecule has 1 aromatic heterocycles. The monoisotopic (exact) mass is 162 g/mol. The fraction of sp³-hybridized carbons (Fsp3) is 0. The van der Waals surface area contributed by atoms with E-state index in [9.17, 15) is 0 Å². The van der Waals surface area contributed by atoms with Gasteiger partial charge in [-0.15, -0.1) is 0 Å². The van der Waals surface area contributed by atoms with Crippen molar-refractivity contribution >= 4 is 11.6 Å². The van der Waals surface area contributed by atoms with Crippen molar-refractivity contribution in [3.8, 4) is 0 Å². The predicted octanol–water partition coefficient (Wildman–Crippen LogP) is 2.36. The van der Waals surface area contributed by atoms with Gasteiger partial charge in [0.05, 0.1) is 0 Å². The maximum atomic E-state index is 8.07. The van der Waals surface area contributed by atoms with Crippen LogP contribution < -0.4 is 0 Å². The number of hydrogen-bond acceptors (Lipinski definition) is 4. The SMILES string of the molecule is [N-]=[N+]=Nc1nccnc1N=[N+]=[N-]. The van der Waals surface area contributed by atoms with E-state index < -0.39 is 0 Å². The van der Waals surface area contributed by atoms with Crippen molar-refractivity contribution in [2.45, 2.75) is 0 Å². The Hall–Kier alpha value is -2.30. The number of azide groups is 2. The second-order valence-electron chi connectivity index (χ2n) is 1.58. The van der Waals surface area contributed by atoms with Crippen molar-refractivity contribution in [1.82, 2.24) is 9.97 Å². The first-order valence-corrected chi connectivity index (χ1v) is 2.79. The van der Waals surface area contributed by atoms with E-state index in [1.807, 2.05) is 0 Å². The highest BCUT2D eigenvalue weighted by molar-refractivity contribution is 5.49. The van der Waals surface area contributed by atoms with Crippen molar-refractivity contribution in [2.24, 2.45) is 10.2 Å². The molecule has 8 heteroatoms. The Morgan fingerprint density at radius 3 is 1.75 bits per heavy atom. The summed E-state index contributed by atoms with van der Waals surface area (Å²) in [6.45, 7) is 0. The highest BCUT2D eigenvalue weighted by atomic mass is 15.2. The first-order chi connectivity index (χ1) is 5.88. The lowest BCUT2D eigenvalue weighted by Crippen LogP contribution is -1.76. The van der Waals surface area contributed by atoms with Crippen LogP contribution >= 0.6 is 0 Å². The second kappa shape index (κ2) is 3.77. The summed E-state index contributed by atoms with van der Waals surface area (Å²) in [7, 11) is 0.